The average Bonchev–Trinajstić information content (AvgIpc) is 3.04. The van der Waals surface area contributed by atoms with E-state index in [9.17, 15) is 4.79 Å². The van der Waals surface area contributed by atoms with Gasteiger partial charge in [-0.15, -0.1) is 11.3 Å². The van der Waals surface area contributed by atoms with Crippen molar-refractivity contribution >= 4 is 17.2 Å². The molecule has 0 radical (unpaired) electrons. The molecule has 0 spiro atoms. The van der Waals surface area contributed by atoms with E-state index < -0.39 is 0 Å². The number of rotatable bonds is 6. The lowest BCUT2D eigenvalue weighted by Gasteiger charge is -2.18. The SMILES string of the molecule is CCN(CCO)C(=O)Cc1csc(-c2ccc(C)o2)n1. The molecule has 0 unspecified atom stereocenters. The Balaban J connectivity index is 2.04. The first-order chi connectivity index (χ1) is 9.63. The largest absolute Gasteiger partial charge is 0.459 e. The second-order valence-corrected chi connectivity index (χ2v) is 5.29. The molecule has 108 valence electrons. The van der Waals surface area contributed by atoms with Gasteiger partial charge >= 0.3 is 0 Å². The number of thiazole rings is 1. The number of aliphatic hydroxyl groups excluding tert-OH is 1. The van der Waals surface area contributed by atoms with Crippen molar-refractivity contribution in [3.05, 3.63) is 29.0 Å². The van der Waals surface area contributed by atoms with Crippen molar-refractivity contribution in [2.75, 3.05) is 19.7 Å². The number of nitrogens with zero attached hydrogens (tertiary/aromatic N) is 2. The van der Waals surface area contributed by atoms with Gasteiger partial charge in [-0.05, 0) is 26.0 Å². The summed E-state index contributed by atoms with van der Waals surface area (Å²) in [5.74, 6) is 1.55. The van der Waals surface area contributed by atoms with E-state index in [4.69, 9.17) is 9.52 Å². The number of likely N-dealkylation sites (N-methyl/N-ethyl adjacent to an activating group) is 1. The zero-order valence-corrected chi connectivity index (χ0v) is 12.4. The van der Waals surface area contributed by atoms with Crippen molar-refractivity contribution in [3.8, 4) is 10.8 Å². The van der Waals surface area contributed by atoms with E-state index in [2.05, 4.69) is 4.98 Å². The third-order valence-corrected chi connectivity index (χ3v) is 3.85. The molecule has 0 atom stereocenters. The maximum Gasteiger partial charge on any atom is 0.228 e. The first kappa shape index (κ1) is 14.7. The number of amides is 1. The van der Waals surface area contributed by atoms with Gasteiger partial charge in [0.25, 0.3) is 0 Å². The fourth-order valence-electron chi connectivity index (χ4n) is 1.90. The molecule has 0 saturated carbocycles. The van der Waals surface area contributed by atoms with Crippen LogP contribution in [0.4, 0.5) is 0 Å². The maximum absolute atomic E-state index is 12.0. The van der Waals surface area contributed by atoms with Crippen LogP contribution >= 0.6 is 11.3 Å². The second-order valence-electron chi connectivity index (χ2n) is 4.43. The predicted octanol–water partition coefficient (Wildman–Crippen LogP) is 2.09. The summed E-state index contributed by atoms with van der Waals surface area (Å²) in [6.07, 6.45) is 0.254. The summed E-state index contributed by atoms with van der Waals surface area (Å²) >= 11 is 1.47. The number of carbonyl (C=O) groups is 1. The van der Waals surface area contributed by atoms with Gasteiger partial charge in [0.15, 0.2) is 10.8 Å². The Morgan fingerprint density at radius 2 is 2.30 bits per heavy atom. The third-order valence-electron chi connectivity index (χ3n) is 2.94. The average molecular weight is 294 g/mol. The van der Waals surface area contributed by atoms with Gasteiger partial charge in [0.2, 0.25) is 5.91 Å². The van der Waals surface area contributed by atoms with E-state index in [0.717, 1.165) is 22.2 Å². The fourth-order valence-corrected chi connectivity index (χ4v) is 2.68. The molecule has 1 amide bonds. The number of aryl methyl sites for hydroxylation is 1. The Morgan fingerprint density at radius 1 is 1.50 bits per heavy atom. The van der Waals surface area contributed by atoms with E-state index in [0.29, 0.717) is 13.1 Å². The monoisotopic (exact) mass is 294 g/mol. The molecule has 0 bridgehead atoms. The zero-order valence-electron chi connectivity index (χ0n) is 11.6. The Hall–Kier alpha value is -1.66. The van der Waals surface area contributed by atoms with Crippen LogP contribution in [-0.4, -0.2) is 40.6 Å². The number of aromatic nitrogens is 1. The van der Waals surface area contributed by atoms with E-state index in [1.807, 2.05) is 31.4 Å². The van der Waals surface area contributed by atoms with Crippen LogP contribution in [0.5, 0.6) is 0 Å². The number of aliphatic hydroxyl groups is 1. The van der Waals surface area contributed by atoms with Gasteiger partial charge in [0, 0.05) is 18.5 Å². The van der Waals surface area contributed by atoms with Crippen LogP contribution in [0.2, 0.25) is 0 Å². The summed E-state index contributed by atoms with van der Waals surface area (Å²) in [5, 5.41) is 11.6. The van der Waals surface area contributed by atoms with Crippen LogP contribution in [0.15, 0.2) is 21.9 Å². The summed E-state index contributed by atoms with van der Waals surface area (Å²) in [5.41, 5.74) is 0.737. The highest BCUT2D eigenvalue weighted by molar-refractivity contribution is 7.13. The molecule has 2 rings (SSSR count). The normalized spacial score (nSPS) is 10.8. The number of furan rings is 1. The zero-order chi connectivity index (χ0) is 14.5. The quantitative estimate of drug-likeness (QED) is 0.886. The van der Waals surface area contributed by atoms with Crippen LogP contribution in [0.1, 0.15) is 18.4 Å². The van der Waals surface area contributed by atoms with Crippen molar-refractivity contribution in [1.82, 2.24) is 9.88 Å². The molecule has 2 aromatic heterocycles. The first-order valence-electron chi connectivity index (χ1n) is 6.54. The van der Waals surface area contributed by atoms with Crippen molar-refractivity contribution in [3.63, 3.8) is 0 Å². The van der Waals surface area contributed by atoms with Crippen molar-refractivity contribution < 1.29 is 14.3 Å². The lowest BCUT2D eigenvalue weighted by Crippen LogP contribution is -2.34. The molecule has 5 nitrogen and oxygen atoms in total. The highest BCUT2D eigenvalue weighted by Gasteiger charge is 2.15. The molecule has 2 heterocycles. The van der Waals surface area contributed by atoms with Gasteiger partial charge in [-0.2, -0.15) is 0 Å². The summed E-state index contributed by atoms with van der Waals surface area (Å²) in [6.45, 7) is 4.71. The van der Waals surface area contributed by atoms with Crippen molar-refractivity contribution in [1.29, 1.82) is 0 Å². The Morgan fingerprint density at radius 3 is 2.90 bits per heavy atom. The summed E-state index contributed by atoms with van der Waals surface area (Å²) in [6, 6.07) is 3.77. The first-order valence-corrected chi connectivity index (χ1v) is 7.41. The van der Waals surface area contributed by atoms with Gasteiger partial charge in [-0.3, -0.25) is 4.79 Å². The fraction of sp³-hybridized carbons (Fsp3) is 0.429. The molecular formula is C14H18N2O3S. The van der Waals surface area contributed by atoms with E-state index in [1.54, 1.807) is 4.90 Å². The Bertz CT molecular complexity index is 576. The molecule has 6 heteroatoms. The van der Waals surface area contributed by atoms with Crippen molar-refractivity contribution in [2.45, 2.75) is 20.3 Å². The molecule has 1 N–H and O–H groups in total. The summed E-state index contributed by atoms with van der Waals surface area (Å²) < 4.78 is 5.51. The van der Waals surface area contributed by atoms with Gasteiger partial charge < -0.3 is 14.4 Å². The van der Waals surface area contributed by atoms with Crippen LogP contribution in [0, 0.1) is 6.92 Å². The van der Waals surface area contributed by atoms with E-state index >= 15 is 0 Å². The topological polar surface area (TPSA) is 66.6 Å². The van der Waals surface area contributed by atoms with Crippen LogP contribution in [0.25, 0.3) is 10.8 Å². The molecule has 0 fully saturated rings. The highest BCUT2D eigenvalue weighted by atomic mass is 32.1. The molecule has 0 aromatic carbocycles. The van der Waals surface area contributed by atoms with Crippen LogP contribution in [-0.2, 0) is 11.2 Å². The smallest absolute Gasteiger partial charge is 0.228 e. The minimum Gasteiger partial charge on any atom is -0.459 e. The molecular weight excluding hydrogens is 276 g/mol. The lowest BCUT2D eigenvalue weighted by atomic mass is 10.3. The van der Waals surface area contributed by atoms with Gasteiger partial charge in [0.05, 0.1) is 18.7 Å². The minimum absolute atomic E-state index is 0.0194. The van der Waals surface area contributed by atoms with Gasteiger partial charge in [-0.1, -0.05) is 0 Å². The van der Waals surface area contributed by atoms with Gasteiger partial charge in [0.1, 0.15) is 5.76 Å². The minimum atomic E-state index is -0.0203. The summed E-state index contributed by atoms with van der Waals surface area (Å²) in [4.78, 5) is 18.1. The lowest BCUT2D eigenvalue weighted by molar-refractivity contribution is -0.130. The van der Waals surface area contributed by atoms with Crippen LogP contribution in [0.3, 0.4) is 0 Å². The molecule has 0 aliphatic rings. The molecule has 0 aliphatic heterocycles. The number of carbonyl (C=O) groups excluding carboxylic acids is 1. The molecule has 20 heavy (non-hydrogen) atoms. The molecule has 0 saturated heterocycles. The van der Waals surface area contributed by atoms with E-state index in [1.165, 1.54) is 11.3 Å². The Labute approximate surface area is 121 Å². The maximum atomic E-state index is 12.0. The second kappa shape index (κ2) is 6.67. The van der Waals surface area contributed by atoms with Gasteiger partial charge in [-0.25, -0.2) is 4.98 Å². The standard InChI is InChI=1S/C14H18N2O3S/c1-3-16(6-7-17)13(18)8-11-9-20-14(15-11)12-5-4-10(2)19-12/h4-5,9,17H,3,6-8H2,1-2H3. The third kappa shape index (κ3) is 3.46. The number of hydrogen-bond acceptors (Lipinski definition) is 5. The number of hydrogen-bond donors (Lipinski definition) is 1. The van der Waals surface area contributed by atoms with Crippen LogP contribution < -0.4 is 0 Å². The summed E-state index contributed by atoms with van der Waals surface area (Å²) in [7, 11) is 0. The van der Waals surface area contributed by atoms with E-state index in [-0.39, 0.29) is 18.9 Å². The molecule has 2 aromatic rings. The Kier molecular flexibility index (Phi) is 4.92. The highest BCUT2D eigenvalue weighted by Crippen LogP contribution is 2.25. The molecule has 0 aliphatic carbocycles. The van der Waals surface area contributed by atoms with Crippen molar-refractivity contribution in [2.24, 2.45) is 0 Å². The predicted molar refractivity (Wildman–Crippen MR) is 77.6 cm³/mol.